The summed E-state index contributed by atoms with van der Waals surface area (Å²) in [5.74, 6) is 0.483. The molecule has 144 valence electrons. The minimum absolute atomic E-state index is 0.119. The van der Waals surface area contributed by atoms with E-state index in [1.165, 1.54) is 0 Å². The maximum absolute atomic E-state index is 12.2. The van der Waals surface area contributed by atoms with Crippen LogP contribution in [0.25, 0.3) is 0 Å². The molecular formula is C18H25N3O4S-2. The number of benzene rings is 1. The van der Waals surface area contributed by atoms with Crippen LogP contribution >= 0.6 is 10.8 Å². The van der Waals surface area contributed by atoms with Crippen LogP contribution in [0, 0.1) is 0 Å². The van der Waals surface area contributed by atoms with Crippen molar-refractivity contribution in [1.29, 1.82) is 0 Å². The first-order valence-corrected chi connectivity index (χ1v) is 10.2. The van der Waals surface area contributed by atoms with Crippen molar-refractivity contribution >= 4 is 22.7 Å². The molecule has 8 heteroatoms. The summed E-state index contributed by atoms with van der Waals surface area (Å²) >= 11 is 0. The van der Waals surface area contributed by atoms with Gasteiger partial charge in [-0.25, -0.2) is 9.19 Å². The Morgan fingerprint density at radius 1 is 1.27 bits per heavy atom. The van der Waals surface area contributed by atoms with Crippen LogP contribution < -0.4 is 0 Å². The number of hydrogen-bond donors (Lipinski definition) is 0. The Morgan fingerprint density at radius 2 is 1.88 bits per heavy atom. The van der Waals surface area contributed by atoms with E-state index in [4.69, 9.17) is 4.74 Å². The van der Waals surface area contributed by atoms with E-state index in [0.29, 0.717) is 24.5 Å². The number of amides is 1. The van der Waals surface area contributed by atoms with Gasteiger partial charge in [0.05, 0.1) is 0 Å². The van der Waals surface area contributed by atoms with Crippen molar-refractivity contribution in [3.05, 3.63) is 29.8 Å². The lowest BCUT2D eigenvalue weighted by atomic mass is 10.0. The maximum Gasteiger partial charge on any atom is 0.410 e. The van der Waals surface area contributed by atoms with E-state index in [2.05, 4.69) is 4.40 Å². The number of sulfonamides is 1. The van der Waals surface area contributed by atoms with Crippen LogP contribution in [0.1, 0.15) is 39.2 Å². The number of amidine groups is 1. The molecule has 0 aliphatic carbocycles. The zero-order valence-electron chi connectivity index (χ0n) is 15.6. The van der Waals surface area contributed by atoms with Gasteiger partial charge >= 0.3 is 6.09 Å². The second-order valence-corrected chi connectivity index (χ2v) is 9.27. The summed E-state index contributed by atoms with van der Waals surface area (Å²) in [4.78, 5) is 16.1. The highest BCUT2D eigenvalue weighted by atomic mass is 32.3. The van der Waals surface area contributed by atoms with Gasteiger partial charge in [0, 0.05) is 36.6 Å². The lowest BCUT2D eigenvalue weighted by Gasteiger charge is -2.52. The molecule has 0 aromatic heterocycles. The van der Waals surface area contributed by atoms with E-state index < -0.39 is 16.4 Å². The van der Waals surface area contributed by atoms with Gasteiger partial charge in [-0.05, 0) is 45.7 Å². The summed E-state index contributed by atoms with van der Waals surface area (Å²) in [5.41, 5.74) is 0.131. The van der Waals surface area contributed by atoms with Crippen LogP contribution in [0.15, 0.2) is 33.6 Å². The molecule has 0 atom stereocenters. The quantitative estimate of drug-likeness (QED) is 0.748. The van der Waals surface area contributed by atoms with Gasteiger partial charge in [0.25, 0.3) is 0 Å². The molecule has 0 N–H and O–H groups in total. The van der Waals surface area contributed by atoms with Crippen LogP contribution in [-0.2, 0) is 4.74 Å². The minimum Gasteiger partial charge on any atom is -0.778 e. The Kier molecular flexibility index (Phi) is 4.94. The van der Waals surface area contributed by atoms with Gasteiger partial charge < -0.3 is 34.4 Å². The summed E-state index contributed by atoms with van der Waals surface area (Å²) in [5, 5.41) is 0. The summed E-state index contributed by atoms with van der Waals surface area (Å²) in [6, 6.07) is 7.00. The van der Waals surface area contributed by atoms with Gasteiger partial charge in [0.2, 0.25) is 0 Å². The Balaban J connectivity index is 1.67. The standard InChI is InChI=1S/C18H27N3O4S/c1-18(2,3)25-17(22)21-11-9-13(10-12-21)20(4)16-14-7-5-6-8-15(14)26(23,24)19-16/h5-8,13,23-24H,9-12H2,1-4H3/p-2. The number of fused-ring (bicyclic) bond motifs is 1. The molecule has 0 radical (unpaired) electrons. The monoisotopic (exact) mass is 379 g/mol. The molecule has 1 aromatic carbocycles. The van der Waals surface area contributed by atoms with Crippen LogP contribution in [0.2, 0.25) is 0 Å². The van der Waals surface area contributed by atoms with E-state index in [0.717, 1.165) is 12.8 Å². The molecule has 0 spiro atoms. The predicted octanol–water partition coefficient (Wildman–Crippen LogP) is 3.12. The van der Waals surface area contributed by atoms with Crippen molar-refractivity contribution in [2.24, 2.45) is 4.40 Å². The number of carbonyl (C=O) groups is 1. The van der Waals surface area contributed by atoms with E-state index in [-0.39, 0.29) is 17.0 Å². The highest BCUT2D eigenvalue weighted by Gasteiger charge is 2.31. The third-order valence-electron chi connectivity index (χ3n) is 4.61. The van der Waals surface area contributed by atoms with E-state index >= 15 is 0 Å². The van der Waals surface area contributed by atoms with Crippen molar-refractivity contribution in [3.63, 3.8) is 0 Å². The molecule has 26 heavy (non-hydrogen) atoms. The molecule has 2 aliphatic rings. The molecule has 1 fully saturated rings. The Bertz CT molecular complexity index is 721. The largest absolute Gasteiger partial charge is 0.778 e. The molecule has 1 amide bonds. The van der Waals surface area contributed by atoms with Crippen molar-refractivity contribution < 1.29 is 18.6 Å². The summed E-state index contributed by atoms with van der Waals surface area (Å²) in [6.45, 7) is 6.70. The highest BCUT2D eigenvalue weighted by Crippen LogP contribution is 2.55. The van der Waals surface area contributed by atoms with Crippen LogP contribution in [0.3, 0.4) is 0 Å². The fraction of sp³-hybridized carbons (Fsp3) is 0.556. The smallest absolute Gasteiger partial charge is 0.410 e. The molecule has 1 aromatic rings. The van der Waals surface area contributed by atoms with Gasteiger partial charge in [0.15, 0.2) is 5.84 Å². The number of nitrogens with zero attached hydrogens (tertiary/aromatic N) is 3. The molecule has 0 saturated carbocycles. The fourth-order valence-corrected chi connectivity index (χ4v) is 4.52. The van der Waals surface area contributed by atoms with Crippen LogP contribution in [0.5, 0.6) is 0 Å². The number of hydrogen-bond acceptors (Lipinski definition) is 6. The van der Waals surface area contributed by atoms with Crippen molar-refractivity contribution in [2.75, 3.05) is 20.1 Å². The summed E-state index contributed by atoms with van der Waals surface area (Å²) in [6.07, 6.45) is 1.17. The first-order chi connectivity index (χ1) is 12.1. The number of carbonyl (C=O) groups excluding carboxylic acids is 1. The van der Waals surface area contributed by atoms with E-state index in [1.807, 2.05) is 38.8 Å². The van der Waals surface area contributed by atoms with Gasteiger partial charge in [0.1, 0.15) is 5.60 Å². The Hall–Kier alpha value is -1.77. The highest BCUT2D eigenvalue weighted by molar-refractivity contribution is 8.23. The molecule has 0 bridgehead atoms. The normalized spacial score (nSPS) is 21.0. The summed E-state index contributed by atoms with van der Waals surface area (Å²) in [7, 11) is -1.76. The first kappa shape index (κ1) is 19.0. The zero-order valence-corrected chi connectivity index (χ0v) is 16.4. The number of rotatable bonds is 1. The van der Waals surface area contributed by atoms with Gasteiger partial charge in [-0.1, -0.05) is 12.1 Å². The summed E-state index contributed by atoms with van der Waals surface area (Å²) < 4.78 is 33.9. The minimum atomic E-state index is -3.62. The molecule has 3 rings (SSSR count). The van der Waals surface area contributed by atoms with Crippen molar-refractivity contribution in [3.8, 4) is 0 Å². The van der Waals surface area contributed by atoms with Gasteiger partial charge in [-0.3, -0.25) is 0 Å². The predicted molar refractivity (Wildman–Crippen MR) is 99.0 cm³/mol. The first-order valence-electron chi connectivity index (χ1n) is 8.73. The second kappa shape index (κ2) is 6.75. The zero-order chi connectivity index (χ0) is 19.1. The second-order valence-electron chi connectivity index (χ2n) is 7.70. The molecule has 7 nitrogen and oxygen atoms in total. The molecule has 1 saturated heterocycles. The maximum atomic E-state index is 12.2. The topological polar surface area (TPSA) is 91.3 Å². The van der Waals surface area contributed by atoms with E-state index in [1.54, 1.807) is 23.1 Å². The third kappa shape index (κ3) is 3.82. The third-order valence-corrected chi connectivity index (χ3v) is 5.94. The lowest BCUT2D eigenvalue weighted by molar-refractivity contribution is 0.0179. The number of ether oxygens (including phenoxy) is 1. The average Bonchev–Trinajstić information content (AvgIpc) is 2.85. The van der Waals surface area contributed by atoms with Crippen molar-refractivity contribution in [1.82, 2.24) is 9.80 Å². The molecule has 2 heterocycles. The van der Waals surface area contributed by atoms with E-state index in [9.17, 15) is 13.9 Å². The average molecular weight is 379 g/mol. The molecule has 2 aliphatic heterocycles. The molecular weight excluding hydrogens is 354 g/mol. The van der Waals surface area contributed by atoms with Gasteiger partial charge in [-0.15, -0.1) is 0 Å². The number of piperidine rings is 1. The Morgan fingerprint density at radius 3 is 2.50 bits per heavy atom. The lowest BCUT2D eigenvalue weighted by Crippen LogP contribution is -2.48. The fourth-order valence-electron chi connectivity index (χ4n) is 3.28. The SMILES string of the molecule is CN(C1=NS([O-])([O-])c2ccccc21)C1CCN(C(=O)OC(C)(C)C)CC1. The van der Waals surface area contributed by atoms with Crippen molar-refractivity contribution in [2.45, 2.75) is 50.2 Å². The Labute approximate surface area is 156 Å². The van der Waals surface area contributed by atoms with Crippen LogP contribution in [-0.4, -0.2) is 62.6 Å². The molecule has 0 unspecified atom stereocenters. The van der Waals surface area contributed by atoms with Gasteiger partial charge in [-0.2, -0.15) is 0 Å². The van der Waals surface area contributed by atoms with Crippen LogP contribution in [0.4, 0.5) is 4.79 Å². The number of likely N-dealkylation sites (tertiary alicyclic amines) is 1.